The highest BCUT2D eigenvalue weighted by Gasteiger charge is 2.13. The maximum atomic E-state index is 7.59. The number of hydrogen-bond acceptors (Lipinski definition) is 3. The van der Waals surface area contributed by atoms with Crippen LogP contribution in [-0.4, -0.2) is 12.9 Å². The molecule has 0 saturated heterocycles. The molecule has 0 bridgehead atoms. The summed E-state index contributed by atoms with van der Waals surface area (Å²) in [5.74, 6) is 1.54. The number of amidine groups is 1. The van der Waals surface area contributed by atoms with Crippen LogP contribution in [0.25, 0.3) is 0 Å². The molecule has 0 saturated carbocycles. The molecule has 110 valence electrons. The molecule has 0 spiro atoms. The Morgan fingerprint density at radius 1 is 1.10 bits per heavy atom. The highest BCUT2D eigenvalue weighted by molar-refractivity contribution is 9.11. The second kappa shape index (κ2) is 6.68. The maximum Gasteiger partial charge on any atom is 0.143 e. The van der Waals surface area contributed by atoms with Gasteiger partial charge in [0.25, 0.3) is 0 Å². The summed E-state index contributed by atoms with van der Waals surface area (Å²) in [5.41, 5.74) is 6.02. The Balaban J connectivity index is 2.45. The van der Waals surface area contributed by atoms with Crippen LogP contribution in [-0.2, 0) is 0 Å². The average Bonchev–Trinajstić information content (AvgIpc) is 2.42. The molecule has 7 heteroatoms. The number of halogens is 3. The van der Waals surface area contributed by atoms with Gasteiger partial charge in [-0.25, -0.2) is 0 Å². The van der Waals surface area contributed by atoms with Gasteiger partial charge in [-0.2, -0.15) is 0 Å². The minimum Gasteiger partial charge on any atom is -0.496 e. The highest BCUT2D eigenvalue weighted by atomic mass is 79.9. The van der Waals surface area contributed by atoms with Crippen molar-refractivity contribution in [3.63, 3.8) is 0 Å². The molecule has 21 heavy (non-hydrogen) atoms. The van der Waals surface area contributed by atoms with E-state index in [1.807, 2.05) is 0 Å². The van der Waals surface area contributed by atoms with Crippen LogP contribution in [0.3, 0.4) is 0 Å². The van der Waals surface area contributed by atoms with E-state index in [9.17, 15) is 0 Å². The van der Waals surface area contributed by atoms with Gasteiger partial charge in [-0.3, -0.25) is 5.41 Å². The SMILES string of the molecule is COc1cc(Br)c(Oc2cc(Cl)ccc2C(=N)N)cc1Br. The maximum absolute atomic E-state index is 7.59. The molecule has 0 aromatic heterocycles. The Morgan fingerprint density at radius 3 is 2.33 bits per heavy atom. The first-order valence-electron chi connectivity index (χ1n) is 5.77. The number of hydrogen-bond donors (Lipinski definition) is 2. The van der Waals surface area contributed by atoms with Gasteiger partial charge in [0.1, 0.15) is 23.1 Å². The Hall–Kier alpha value is -1.24. The van der Waals surface area contributed by atoms with Crippen molar-refractivity contribution >= 4 is 49.3 Å². The molecule has 3 N–H and O–H groups in total. The van der Waals surface area contributed by atoms with Crippen LogP contribution in [0.5, 0.6) is 17.2 Å². The Kier molecular flexibility index (Phi) is 5.13. The molecule has 2 aromatic rings. The summed E-state index contributed by atoms with van der Waals surface area (Å²) in [4.78, 5) is 0. The molecule has 0 heterocycles. The van der Waals surface area contributed by atoms with Gasteiger partial charge in [-0.05, 0) is 56.1 Å². The lowest BCUT2D eigenvalue weighted by atomic mass is 10.2. The third-order valence-corrected chi connectivity index (χ3v) is 4.13. The summed E-state index contributed by atoms with van der Waals surface area (Å²) in [7, 11) is 1.58. The average molecular weight is 435 g/mol. The van der Waals surface area contributed by atoms with Crippen LogP contribution in [0, 0.1) is 5.41 Å². The molecule has 2 rings (SSSR count). The van der Waals surface area contributed by atoms with Crippen molar-refractivity contribution in [2.75, 3.05) is 7.11 Å². The monoisotopic (exact) mass is 432 g/mol. The Bertz CT molecular complexity index is 708. The van der Waals surface area contributed by atoms with Crippen LogP contribution in [0.2, 0.25) is 5.02 Å². The minimum atomic E-state index is -0.0923. The normalized spacial score (nSPS) is 10.3. The van der Waals surface area contributed by atoms with Gasteiger partial charge in [0.2, 0.25) is 0 Å². The van der Waals surface area contributed by atoms with Gasteiger partial charge >= 0.3 is 0 Å². The topological polar surface area (TPSA) is 68.3 Å². The van der Waals surface area contributed by atoms with Crippen molar-refractivity contribution in [2.24, 2.45) is 5.73 Å². The van der Waals surface area contributed by atoms with Crippen molar-refractivity contribution in [1.82, 2.24) is 0 Å². The number of ether oxygens (including phenoxy) is 2. The lowest BCUT2D eigenvalue weighted by Crippen LogP contribution is -2.12. The first-order valence-corrected chi connectivity index (χ1v) is 7.73. The number of nitrogens with one attached hydrogen (secondary N) is 1. The van der Waals surface area contributed by atoms with Crippen LogP contribution in [0.15, 0.2) is 39.3 Å². The molecule has 0 aliphatic carbocycles. The van der Waals surface area contributed by atoms with Gasteiger partial charge in [-0.15, -0.1) is 0 Å². The van der Waals surface area contributed by atoms with E-state index >= 15 is 0 Å². The van der Waals surface area contributed by atoms with E-state index < -0.39 is 0 Å². The van der Waals surface area contributed by atoms with Gasteiger partial charge < -0.3 is 15.2 Å². The van der Waals surface area contributed by atoms with Crippen molar-refractivity contribution < 1.29 is 9.47 Å². The zero-order valence-corrected chi connectivity index (χ0v) is 14.8. The van der Waals surface area contributed by atoms with E-state index in [1.165, 1.54) is 0 Å². The fraction of sp³-hybridized carbons (Fsp3) is 0.0714. The summed E-state index contributed by atoms with van der Waals surface area (Å²) in [6.45, 7) is 0. The molecule has 0 fully saturated rings. The molecular weight excluding hydrogens is 423 g/mol. The third-order valence-electron chi connectivity index (χ3n) is 2.66. The van der Waals surface area contributed by atoms with Gasteiger partial charge in [0.05, 0.1) is 21.6 Å². The zero-order valence-electron chi connectivity index (χ0n) is 10.9. The van der Waals surface area contributed by atoms with E-state index in [-0.39, 0.29) is 5.84 Å². The number of benzene rings is 2. The largest absolute Gasteiger partial charge is 0.496 e. The third kappa shape index (κ3) is 3.70. The molecule has 0 atom stereocenters. The van der Waals surface area contributed by atoms with Crippen LogP contribution < -0.4 is 15.2 Å². The van der Waals surface area contributed by atoms with Crippen LogP contribution in [0.4, 0.5) is 0 Å². The van der Waals surface area contributed by atoms with Gasteiger partial charge in [0, 0.05) is 11.1 Å². The Labute approximate surface area is 144 Å². The summed E-state index contributed by atoms with van der Waals surface area (Å²) in [6.07, 6.45) is 0. The van der Waals surface area contributed by atoms with E-state index in [0.717, 1.165) is 4.47 Å². The quantitative estimate of drug-likeness (QED) is 0.529. The number of rotatable bonds is 4. The number of nitrogen functional groups attached to an aromatic ring is 1. The lowest BCUT2D eigenvalue weighted by molar-refractivity contribution is 0.409. The number of nitrogens with two attached hydrogens (primary N) is 1. The molecule has 2 aromatic carbocycles. The minimum absolute atomic E-state index is 0.0923. The molecular formula is C14H11Br2ClN2O2. The molecule has 4 nitrogen and oxygen atoms in total. The van der Waals surface area contributed by atoms with E-state index in [4.69, 9.17) is 32.2 Å². The standard InChI is InChI=1S/C14H11Br2ClN2O2/c1-20-12-5-10(16)13(6-9(12)15)21-11-4-7(17)2-3-8(11)14(18)19/h2-6H,1H3,(H3,18,19). The smallest absolute Gasteiger partial charge is 0.143 e. The summed E-state index contributed by atoms with van der Waals surface area (Å²) >= 11 is 12.8. The van der Waals surface area contributed by atoms with Crippen molar-refractivity contribution in [3.8, 4) is 17.2 Å². The number of methoxy groups -OCH3 is 1. The Morgan fingerprint density at radius 2 is 1.71 bits per heavy atom. The molecule has 0 aliphatic heterocycles. The molecule has 0 amide bonds. The van der Waals surface area contributed by atoms with E-state index in [2.05, 4.69) is 31.9 Å². The second-order valence-electron chi connectivity index (χ2n) is 4.07. The molecule has 0 aliphatic rings. The summed E-state index contributed by atoms with van der Waals surface area (Å²) in [6, 6.07) is 8.45. The van der Waals surface area contributed by atoms with Gasteiger partial charge in [0.15, 0.2) is 0 Å². The van der Waals surface area contributed by atoms with Gasteiger partial charge in [-0.1, -0.05) is 11.6 Å². The van der Waals surface area contributed by atoms with Crippen molar-refractivity contribution in [3.05, 3.63) is 49.9 Å². The van der Waals surface area contributed by atoms with Crippen LogP contribution >= 0.6 is 43.5 Å². The predicted molar refractivity (Wildman–Crippen MR) is 90.9 cm³/mol. The fourth-order valence-corrected chi connectivity index (χ4v) is 2.72. The predicted octanol–water partition coefficient (Wildman–Crippen LogP) is 4.95. The fourth-order valence-electron chi connectivity index (χ4n) is 1.67. The summed E-state index contributed by atoms with van der Waals surface area (Å²) in [5, 5.41) is 8.08. The molecule has 0 unspecified atom stereocenters. The van der Waals surface area contributed by atoms with Crippen molar-refractivity contribution in [2.45, 2.75) is 0 Å². The zero-order chi connectivity index (χ0) is 15.6. The first-order chi connectivity index (χ1) is 9.92. The first kappa shape index (κ1) is 16.1. The van der Waals surface area contributed by atoms with E-state index in [1.54, 1.807) is 37.4 Å². The lowest BCUT2D eigenvalue weighted by Gasteiger charge is -2.13. The highest BCUT2D eigenvalue weighted by Crippen LogP contribution is 2.39. The van der Waals surface area contributed by atoms with Crippen LogP contribution in [0.1, 0.15) is 5.56 Å². The summed E-state index contributed by atoms with van der Waals surface area (Å²) < 4.78 is 12.5. The molecule has 0 radical (unpaired) electrons. The second-order valence-corrected chi connectivity index (χ2v) is 6.22. The van der Waals surface area contributed by atoms with E-state index in [0.29, 0.717) is 32.3 Å². The van der Waals surface area contributed by atoms with Crippen molar-refractivity contribution in [1.29, 1.82) is 5.41 Å².